The van der Waals surface area contributed by atoms with Gasteiger partial charge in [-0.3, -0.25) is 4.79 Å². The van der Waals surface area contributed by atoms with Crippen molar-refractivity contribution in [1.29, 1.82) is 0 Å². The van der Waals surface area contributed by atoms with Gasteiger partial charge < -0.3 is 4.42 Å². The smallest absolute Gasteiger partial charge is 0.314 e. The molecule has 1 fully saturated rings. The summed E-state index contributed by atoms with van der Waals surface area (Å²) in [5, 5.41) is 4.44. The summed E-state index contributed by atoms with van der Waals surface area (Å²) in [4.78, 5) is 12.4. The molecule has 0 unspecified atom stereocenters. The van der Waals surface area contributed by atoms with Crippen LogP contribution in [-0.4, -0.2) is 15.7 Å². The second-order valence-electron chi connectivity index (χ2n) is 6.25. The Morgan fingerprint density at radius 3 is 3.00 bits per heavy atom. The molecule has 19 heavy (non-hydrogen) atoms. The molecule has 4 heteroatoms. The lowest BCUT2D eigenvalue weighted by Gasteiger charge is -2.09. The van der Waals surface area contributed by atoms with E-state index in [-0.39, 0.29) is 5.91 Å². The molecule has 0 aromatic carbocycles. The minimum absolute atomic E-state index is 0.159. The van der Waals surface area contributed by atoms with E-state index in [1.165, 1.54) is 11.8 Å². The maximum atomic E-state index is 12.4. The zero-order valence-electron chi connectivity index (χ0n) is 11.3. The average molecular weight is 256 g/mol. The quantitative estimate of drug-likeness (QED) is 0.788. The van der Waals surface area contributed by atoms with Gasteiger partial charge in [-0.1, -0.05) is 13.8 Å². The molecule has 0 amide bonds. The van der Waals surface area contributed by atoms with Crippen LogP contribution in [0.15, 0.2) is 22.8 Å². The van der Waals surface area contributed by atoms with Crippen LogP contribution in [0.5, 0.6) is 0 Å². The van der Waals surface area contributed by atoms with Crippen molar-refractivity contribution in [3.8, 4) is 0 Å². The number of aromatic nitrogens is 2. The average Bonchev–Trinajstić information content (AvgIpc) is 2.87. The first kappa shape index (κ1) is 11.0. The van der Waals surface area contributed by atoms with Crippen molar-refractivity contribution < 1.29 is 9.21 Å². The molecule has 0 bridgehead atoms. The van der Waals surface area contributed by atoms with Crippen LogP contribution in [0.25, 0.3) is 0 Å². The van der Waals surface area contributed by atoms with Gasteiger partial charge in [0, 0.05) is 5.56 Å². The van der Waals surface area contributed by atoms with Gasteiger partial charge in [-0.25, -0.2) is 0 Å². The maximum Gasteiger partial charge on any atom is 0.314 e. The van der Waals surface area contributed by atoms with Gasteiger partial charge in [0.15, 0.2) is 5.76 Å². The number of furan rings is 1. The van der Waals surface area contributed by atoms with Gasteiger partial charge in [-0.05, 0) is 42.7 Å². The highest BCUT2D eigenvalue weighted by molar-refractivity contribution is 5.93. The number of carbonyl (C=O) groups is 1. The van der Waals surface area contributed by atoms with Gasteiger partial charge in [-0.2, -0.15) is 9.78 Å². The van der Waals surface area contributed by atoms with Gasteiger partial charge in [0.1, 0.15) is 0 Å². The van der Waals surface area contributed by atoms with Crippen LogP contribution in [0.1, 0.15) is 47.3 Å². The van der Waals surface area contributed by atoms with Crippen LogP contribution in [0.2, 0.25) is 0 Å². The SMILES string of the molecule is Cc1nn(C(=O)c2ccco2)c2c1[C@H]1[C@@H](C2)C1(C)C. The normalized spacial score (nSPS) is 26.1. The van der Waals surface area contributed by atoms with E-state index in [0.29, 0.717) is 23.0 Å². The van der Waals surface area contributed by atoms with E-state index < -0.39 is 0 Å². The van der Waals surface area contributed by atoms with Crippen LogP contribution < -0.4 is 0 Å². The summed E-state index contributed by atoms with van der Waals surface area (Å²) < 4.78 is 6.73. The summed E-state index contributed by atoms with van der Waals surface area (Å²) in [6.45, 7) is 6.61. The number of hydrogen-bond donors (Lipinski definition) is 0. The summed E-state index contributed by atoms with van der Waals surface area (Å²) in [5.74, 6) is 1.45. The van der Waals surface area contributed by atoms with Crippen molar-refractivity contribution in [2.45, 2.75) is 33.1 Å². The molecule has 0 saturated heterocycles. The number of fused-ring (bicyclic) bond motifs is 3. The molecule has 2 atom stereocenters. The molecular formula is C15H16N2O2. The molecule has 0 aliphatic heterocycles. The number of rotatable bonds is 1. The van der Waals surface area contributed by atoms with Crippen molar-refractivity contribution in [3.05, 3.63) is 41.1 Å². The van der Waals surface area contributed by atoms with Crippen LogP contribution in [0.3, 0.4) is 0 Å². The molecule has 2 aromatic heterocycles. The summed E-state index contributed by atoms with van der Waals surface area (Å²) >= 11 is 0. The Labute approximate surface area is 111 Å². The van der Waals surface area contributed by atoms with E-state index >= 15 is 0 Å². The van der Waals surface area contributed by atoms with Gasteiger partial charge in [0.2, 0.25) is 0 Å². The minimum Gasteiger partial charge on any atom is -0.459 e. The van der Waals surface area contributed by atoms with E-state index in [2.05, 4.69) is 18.9 Å². The third-order valence-electron chi connectivity index (χ3n) is 4.91. The molecule has 2 aromatic rings. The van der Waals surface area contributed by atoms with Crippen LogP contribution in [-0.2, 0) is 6.42 Å². The lowest BCUT2D eigenvalue weighted by atomic mass is 9.98. The topological polar surface area (TPSA) is 48.0 Å². The second kappa shape index (κ2) is 3.18. The fraction of sp³-hybridized carbons (Fsp3) is 0.467. The Kier molecular flexibility index (Phi) is 1.85. The van der Waals surface area contributed by atoms with E-state index in [1.54, 1.807) is 16.8 Å². The third kappa shape index (κ3) is 1.24. The van der Waals surface area contributed by atoms with E-state index in [4.69, 9.17) is 4.42 Å². The fourth-order valence-corrected chi connectivity index (χ4v) is 3.77. The number of nitrogens with zero attached hydrogens (tertiary/aromatic N) is 2. The first-order valence-corrected chi connectivity index (χ1v) is 6.68. The second-order valence-corrected chi connectivity index (χ2v) is 6.25. The number of carbonyl (C=O) groups excluding carboxylic acids is 1. The molecule has 0 N–H and O–H groups in total. The molecular weight excluding hydrogens is 240 g/mol. The lowest BCUT2D eigenvalue weighted by Crippen LogP contribution is -2.17. The summed E-state index contributed by atoms with van der Waals surface area (Å²) in [6, 6.07) is 3.41. The van der Waals surface area contributed by atoms with Crippen molar-refractivity contribution in [2.75, 3.05) is 0 Å². The van der Waals surface area contributed by atoms with Gasteiger partial charge in [0.05, 0.1) is 17.7 Å². The molecule has 4 nitrogen and oxygen atoms in total. The lowest BCUT2D eigenvalue weighted by molar-refractivity contribution is 0.0913. The number of hydrogen-bond acceptors (Lipinski definition) is 3. The van der Waals surface area contributed by atoms with Crippen LogP contribution in [0, 0.1) is 18.3 Å². The van der Waals surface area contributed by atoms with Crippen LogP contribution in [0.4, 0.5) is 0 Å². The first-order chi connectivity index (χ1) is 9.01. The Morgan fingerprint density at radius 1 is 1.53 bits per heavy atom. The van der Waals surface area contributed by atoms with Gasteiger partial charge in [0.25, 0.3) is 0 Å². The minimum atomic E-state index is -0.159. The maximum absolute atomic E-state index is 12.4. The fourth-order valence-electron chi connectivity index (χ4n) is 3.77. The monoisotopic (exact) mass is 256 g/mol. The predicted octanol–water partition coefficient (Wildman–Crippen LogP) is 2.77. The molecule has 1 saturated carbocycles. The summed E-state index contributed by atoms with van der Waals surface area (Å²) in [7, 11) is 0. The molecule has 0 radical (unpaired) electrons. The zero-order valence-corrected chi connectivity index (χ0v) is 11.3. The zero-order chi connectivity index (χ0) is 13.4. The summed E-state index contributed by atoms with van der Waals surface area (Å²) in [5.41, 5.74) is 3.76. The highest BCUT2D eigenvalue weighted by atomic mass is 16.3. The highest BCUT2D eigenvalue weighted by Crippen LogP contribution is 2.70. The van der Waals surface area contributed by atoms with Gasteiger partial charge in [-0.15, -0.1) is 0 Å². The molecule has 0 spiro atoms. The largest absolute Gasteiger partial charge is 0.459 e. The Balaban J connectivity index is 1.80. The van der Waals surface area contributed by atoms with Crippen molar-refractivity contribution >= 4 is 5.91 Å². The molecule has 2 aliphatic carbocycles. The highest BCUT2D eigenvalue weighted by Gasteiger charge is 2.64. The molecule has 2 aliphatic rings. The van der Waals surface area contributed by atoms with Gasteiger partial charge >= 0.3 is 5.91 Å². The third-order valence-corrected chi connectivity index (χ3v) is 4.91. The van der Waals surface area contributed by atoms with Crippen molar-refractivity contribution in [3.63, 3.8) is 0 Å². The Hall–Kier alpha value is -1.84. The standard InChI is InChI=1S/C15H16N2O2/c1-8-12-10(7-9-13(12)15(9,2)3)17(16-8)14(18)11-5-4-6-19-11/h4-6,9,13H,7H2,1-3H3/t9-,13-/m1/s1. The summed E-state index contributed by atoms with van der Waals surface area (Å²) in [6.07, 6.45) is 2.48. The van der Waals surface area contributed by atoms with Crippen LogP contribution >= 0.6 is 0 Å². The van der Waals surface area contributed by atoms with Crippen molar-refractivity contribution in [1.82, 2.24) is 9.78 Å². The van der Waals surface area contributed by atoms with E-state index in [9.17, 15) is 4.79 Å². The molecule has 98 valence electrons. The van der Waals surface area contributed by atoms with E-state index in [1.807, 2.05) is 6.92 Å². The Bertz CT molecular complexity index is 679. The Morgan fingerprint density at radius 2 is 2.32 bits per heavy atom. The predicted molar refractivity (Wildman–Crippen MR) is 69.1 cm³/mol. The molecule has 4 rings (SSSR count). The number of aryl methyl sites for hydroxylation is 1. The first-order valence-electron chi connectivity index (χ1n) is 6.68. The molecule has 2 heterocycles. The van der Waals surface area contributed by atoms with Crippen molar-refractivity contribution in [2.24, 2.45) is 11.3 Å². The van der Waals surface area contributed by atoms with E-state index in [0.717, 1.165) is 17.8 Å².